The quantitative estimate of drug-likeness (QED) is 0.866. The van der Waals surface area contributed by atoms with Crippen LogP contribution in [-0.4, -0.2) is 35.0 Å². The molecule has 0 bridgehead atoms. The lowest BCUT2D eigenvalue weighted by molar-refractivity contribution is -0.145. The molecule has 5 nitrogen and oxygen atoms in total. The van der Waals surface area contributed by atoms with E-state index in [0.29, 0.717) is 32.4 Å². The molecule has 114 valence electrons. The topological polar surface area (TPSA) is 83.6 Å². The second kappa shape index (κ2) is 7.22. The van der Waals surface area contributed by atoms with Gasteiger partial charge < -0.3 is 15.7 Å². The van der Waals surface area contributed by atoms with Crippen molar-refractivity contribution in [2.75, 3.05) is 13.1 Å². The molecule has 1 heterocycles. The first-order chi connectivity index (χ1) is 10.1. The molecule has 0 aromatic heterocycles. The molecule has 3 N–H and O–H groups in total. The van der Waals surface area contributed by atoms with Gasteiger partial charge in [-0.05, 0) is 24.8 Å². The predicted octanol–water partition coefficient (Wildman–Crippen LogP) is 1.79. The van der Waals surface area contributed by atoms with Crippen molar-refractivity contribution in [3.8, 4) is 0 Å². The number of hydrogen-bond donors (Lipinski definition) is 2. The van der Waals surface area contributed by atoms with Gasteiger partial charge in [0.15, 0.2) is 0 Å². The van der Waals surface area contributed by atoms with Crippen molar-refractivity contribution in [3.63, 3.8) is 0 Å². The molecule has 1 aliphatic rings. The Kier molecular flexibility index (Phi) is 5.33. The molecule has 0 aliphatic carbocycles. The van der Waals surface area contributed by atoms with Crippen molar-refractivity contribution in [1.82, 2.24) is 4.90 Å². The maximum atomic E-state index is 12.2. The van der Waals surface area contributed by atoms with E-state index in [0.717, 1.165) is 12.0 Å². The smallest absolute Gasteiger partial charge is 0.308 e. The van der Waals surface area contributed by atoms with E-state index in [1.807, 2.05) is 30.3 Å². The normalized spacial score (nSPS) is 20.0. The number of carbonyl (C=O) groups excluding carboxylic acids is 1. The summed E-state index contributed by atoms with van der Waals surface area (Å²) in [7, 11) is 0. The fraction of sp³-hybridized carbons (Fsp3) is 0.500. The average Bonchev–Trinajstić information content (AvgIpc) is 2.53. The molecule has 1 fully saturated rings. The van der Waals surface area contributed by atoms with E-state index in [4.69, 9.17) is 10.8 Å². The van der Waals surface area contributed by atoms with Crippen LogP contribution in [0.15, 0.2) is 30.3 Å². The molecule has 0 spiro atoms. The molecular weight excluding hydrogens is 268 g/mol. The summed E-state index contributed by atoms with van der Waals surface area (Å²) >= 11 is 0. The third kappa shape index (κ3) is 4.29. The summed E-state index contributed by atoms with van der Waals surface area (Å²) in [6.07, 6.45) is 2.36. The summed E-state index contributed by atoms with van der Waals surface area (Å²) in [5.41, 5.74) is 7.10. The van der Waals surface area contributed by atoms with Crippen LogP contribution in [0.2, 0.25) is 0 Å². The average molecular weight is 290 g/mol. The lowest BCUT2D eigenvalue weighted by Crippen LogP contribution is -2.42. The first-order valence-electron chi connectivity index (χ1n) is 7.39. The third-order valence-electron chi connectivity index (χ3n) is 4.02. The van der Waals surface area contributed by atoms with E-state index in [2.05, 4.69) is 0 Å². The van der Waals surface area contributed by atoms with Gasteiger partial charge in [-0.1, -0.05) is 30.3 Å². The van der Waals surface area contributed by atoms with Gasteiger partial charge in [0.1, 0.15) is 0 Å². The highest BCUT2D eigenvalue weighted by molar-refractivity contribution is 5.78. The Morgan fingerprint density at radius 2 is 2.05 bits per heavy atom. The highest BCUT2D eigenvalue weighted by atomic mass is 16.4. The molecular formula is C16H22N2O3. The Labute approximate surface area is 124 Å². The number of nitrogens with two attached hydrogens (primary N) is 1. The molecule has 0 saturated carbocycles. The molecule has 2 unspecified atom stereocenters. The summed E-state index contributed by atoms with van der Waals surface area (Å²) in [6.45, 7) is 0.984. The maximum Gasteiger partial charge on any atom is 0.308 e. The molecule has 21 heavy (non-hydrogen) atoms. The van der Waals surface area contributed by atoms with Gasteiger partial charge >= 0.3 is 5.97 Å². The Hall–Kier alpha value is -1.88. The maximum absolute atomic E-state index is 12.2. The number of rotatable bonds is 5. The van der Waals surface area contributed by atoms with Crippen molar-refractivity contribution in [2.24, 2.45) is 11.7 Å². The van der Waals surface area contributed by atoms with Gasteiger partial charge in [-0.15, -0.1) is 0 Å². The molecule has 0 radical (unpaired) electrons. The number of aliphatic carboxylic acids is 1. The lowest BCUT2D eigenvalue weighted by Gasteiger charge is -2.31. The molecule has 1 amide bonds. The van der Waals surface area contributed by atoms with Crippen LogP contribution in [0.4, 0.5) is 0 Å². The second-order valence-corrected chi connectivity index (χ2v) is 5.57. The Morgan fingerprint density at radius 1 is 1.33 bits per heavy atom. The zero-order chi connectivity index (χ0) is 15.2. The summed E-state index contributed by atoms with van der Waals surface area (Å²) in [4.78, 5) is 24.9. The van der Waals surface area contributed by atoms with Crippen LogP contribution in [0.5, 0.6) is 0 Å². The Morgan fingerprint density at radius 3 is 2.71 bits per heavy atom. The van der Waals surface area contributed by atoms with Crippen LogP contribution in [0.3, 0.4) is 0 Å². The highest BCUT2D eigenvalue weighted by Crippen LogP contribution is 2.20. The molecule has 1 aliphatic heterocycles. The number of carboxylic acids is 1. The largest absolute Gasteiger partial charge is 0.481 e. The van der Waals surface area contributed by atoms with E-state index in [1.54, 1.807) is 4.90 Å². The minimum Gasteiger partial charge on any atom is -0.481 e. The van der Waals surface area contributed by atoms with Crippen molar-refractivity contribution < 1.29 is 14.7 Å². The summed E-state index contributed by atoms with van der Waals surface area (Å²) in [6, 6.07) is 9.54. The number of benzene rings is 1. The van der Waals surface area contributed by atoms with Gasteiger partial charge in [-0.2, -0.15) is 0 Å². The van der Waals surface area contributed by atoms with Gasteiger partial charge in [0.05, 0.1) is 5.92 Å². The van der Waals surface area contributed by atoms with E-state index >= 15 is 0 Å². The summed E-state index contributed by atoms with van der Waals surface area (Å²) < 4.78 is 0. The van der Waals surface area contributed by atoms with Gasteiger partial charge in [0, 0.05) is 25.6 Å². The SMILES string of the molecule is NC(CCC(=O)N1CCCC(C(=O)O)C1)c1ccccc1. The van der Waals surface area contributed by atoms with Crippen LogP contribution in [0, 0.1) is 5.92 Å². The van der Waals surface area contributed by atoms with Crippen LogP contribution in [-0.2, 0) is 9.59 Å². The van der Waals surface area contributed by atoms with Gasteiger partial charge in [-0.25, -0.2) is 0 Å². The molecule has 5 heteroatoms. The number of carboxylic acid groups (broad SMARTS) is 1. The van der Waals surface area contributed by atoms with Gasteiger partial charge in [-0.3, -0.25) is 9.59 Å². The number of hydrogen-bond acceptors (Lipinski definition) is 3. The van der Waals surface area contributed by atoms with Gasteiger partial charge in [0.25, 0.3) is 0 Å². The van der Waals surface area contributed by atoms with E-state index < -0.39 is 11.9 Å². The Bertz CT molecular complexity index is 490. The fourth-order valence-electron chi connectivity index (χ4n) is 2.71. The highest BCUT2D eigenvalue weighted by Gasteiger charge is 2.28. The zero-order valence-electron chi connectivity index (χ0n) is 12.1. The third-order valence-corrected chi connectivity index (χ3v) is 4.02. The van der Waals surface area contributed by atoms with Crippen LogP contribution < -0.4 is 5.73 Å². The summed E-state index contributed by atoms with van der Waals surface area (Å²) in [5.74, 6) is -1.23. The van der Waals surface area contributed by atoms with E-state index in [1.165, 1.54) is 0 Å². The van der Waals surface area contributed by atoms with Crippen molar-refractivity contribution in [1.29, 1.82) is 0 Å². The van der Waals surface area contributed by atoms with Crippen molar-refractivity contribution in [2.45, 2.75) is 31.7 Å². The van der Waals surface area contributed by atoms with Crippen LogP contribution in [0.1, 0.15) is 37.3 Å². The predicted molar refractivity (Wildman–Crippen MR) is 79.5 cm³/mol. The number of likely N-dealkylation sites (tertiary alicyclic amines) is 1. The minimum absolute atomic E-state index is 0.00679. The summed E-state index contributed by atoms with van der Waals surface area (Å²) in [5, 5.41) is 9.05. The number of piperidine rings is 1. The van der Waals surface area contributed by atoms with E-state index in [9.17, 15) is 9.59 Å². The van der Waals surface area contributed by atoms with Crippen LogP contribution >= 0.6 is 0 Å². The van der Waals surface area contributed by atoms with E-state index in [-0.39, 0.29) is 11.9 Å². The molecule has 2 rings (SSSR count). The molecule has 1 aromatic carbocycles. The zero-order valence-corrected chi connectivity index (χ0v) is 12.1. The number of nitrogens with zero attached hydrogens (tertiary/aromatic N) is 1. The standard InChI is InChI=1S/C16H22N2O3/c17-14(12-5-2-1-3-6-12)8-9-15(19)18-10-4-7-13(11-18)16(20)21/h1-3,5-6,13-14H,4,7-11,17H2,(H,20,21). The van der Waals surface area contributed by atoms with Gasteiger partial charge in [0.2, 0.25) is 5.91 Å². The molecule has 2 atom stereocenters. The fourth-order valence-corrected chi connectivity index (χ4v) is 2.71. The first-order valence-corrected chi connectivity index (χ1v) is 7.39. The second-order valence-electron chi connectivity index (χ2n) is 5.57. The number of carbonyl (C=O) groups is 2. The van der Waals surface area contributed by atoms with Crippen molar-refractivity contribution >= 4 is 11.9 Å². The van der Waals surface area contributed by atoms with Crippen molar-refractivity contribution in [3.05, 3.63) is 35.9 Å². The monoisotopic (exact) mass is 290 g/mol. The Balaban J connectivity index is 1.83. The molecule has 1 saturated heterocycles. The lowest BCUT2D eigenvalue weighted by atomic mass is 9.97. The van der Waals surface area contributed by atoms with Crippen LogP contribution in [0.25, 0.3) is 0 Å². The number of amides is 1. The minimum atomic E-state index is -0.812. The molecule has 1 aromatic rings. The first kappa shape index (κ1) is 15.5.